The Kier molecular flexibility index (Phi) is 10.7. The molecule has 0 unspecified atom stereocenters. The first-order chi connectivity index (χ1) is 19.0. The number of ether oxygens (including phenoxy) is 1. The summed E-state index contributed by atoms with van der Waals surface area (Å²) in [7, 11) is -4.16. The Balaban J connectivity index is 1.99. The molecule has 2 amide bonds. The Bertz CT molecular complexity index is 1360. The van der Waals surface area contributed by atoms with Gasteiger partial charge in [-0.1, -0.05) is 44.2 Å². The van der Waals surface area contributed by atoms with E-state index in [9.17, 15) is 22.4 Å². The van der Waals surface area contributed by atoms with Crippen molar-refractivity contribution in [2.75, 3.05) is 24.0 Å². The molecule has 3 aromatic carbocycles. The molecular formula is C30H36FN3O5S. The quantitative estimate of drug-likeness (QED) is 0.324. The van der Waals surface area contributed by atoms with Crippen molar-refractivity contribution in [2.45, 2.75) is 45.2 Å². The van der Waals surface area contributed by atoms with Crippen molar-refractivity contribution in [2.24, 2.45) is 5.92 Å². The van der Waals surface area contributed by atoms with Crippen LogP contribution in [-0.4, -0.2) is 50.9 Å². The van der Waals surface area contributed by atoms with Crippen LogP contribution in [0.2, 0.25) is 0 Å². The molecule has 1 atom stereocenters. The van der Waals surface area contributed by atoms with Crippen molar-refractivity contribution >= 4 is 27.5 Å². The fourth-order valence-corrected chi connectivity index (χ4v) is 5.38. The molecule has 0 saturated carbocycles. The van der Waals surface area contributed by atoms with Crippen LogP contribution >= 0.6 is 0 Å². The fraction of sp³-hybridized carbons (Fsp3) is 0.333. The standard InChI is InChI=1S/C30H36FN3O5S/c1-5-39-27-17-15-26(16-18-27)34(40(37,38)28-9-7-6-8-10-28)21-29(35)33(20-24-11-13-25(31)14-12-24)23(4)30(36)32-19-22(2)3/h6-18,22-23H,5,19-21H2,1-4H3,(H,32,36)/t23-/m1/s1. The van der Waals surface area contributed by atoms with Gasteiger partial charge in [0.05, 0.1) is 17.2 Å². The Morgan fingerprint density at radius 1 is 0.925 bits per heavy atom. The summed E-state index contributed by atoms with van der Waals surface area (Å²) in [4.78, 5) is 28.2. The van der Waals surface area contributed by atoms with Gasteiger partial charge in [0.25, 0.3) is 10.0 Å². The van der Waals surface area contributed by atoms with Crippen LogP contribution in [0, 0.1) is 11.7 Å². The van der Waals surface area contributed by atoms with Crippen LogP contribution < -0.4 is 14.4 Å². The fourth-order valence-electron chi connectivity index (χ4n) is 3.95. The van der Waals surface area contributed by atoms with Gasteiger partial charge in [0.15, 0.2) is 0 Å². The van der Waals surface area contributed by atoms with Crippen LogP contribution in [0.4, 0.5) is 10.1 Å². The van der Waals surface area contributed by atoms with Gasteiger partial charge in [-0.05, 0) is 73.9 Å². The second-order valence-electron chi connectivity index (χ2n) is 9.71. The van der Waals surface area contributed by atoms with E-state index in [1.807, 2.05) is 20.8 Å². The van der Waals surface area contributed by atoms with E-state index in [-0.39, 0.29) is 29.0 Å². The van der Waals surface area contributed by atoms with Crippen molar-refractivity contribution in [3.8, 4) is 5.75 Å². The molecule has 0 aliphatic heterocycles. The molecule has 0 fully saturated rings. The lowest BCUT2D eigenvalue weighted by molar-refractivity contribution is -0.139. The van der Waals surface area contributed by atoms with Crippen molar-refractivity contribution in [3.63, 3.8) is 0 Å². The van der Waals surface area contributed by atoms with Crippen molar-refractivity contribution < 1.29 is 27.1 Å². The highest BCUT2D eigenvalue weighted by Crippen LogP contribution is 2.26. The molecule has 0 aliphatic rings. The molecule has 0 aromatic heterocycles. The van der Waals surface area contributed by atoms with Gasteiger partial charge < -0.3 is 15.0 Å². The number of nitrogens with one attached hydrogen (secondary N) is 1. The first-order valence-corrected chi connectivity index (χ1v) is 14.6. The summed E-state index contributed by atoms with van der Waals surface area (Å²) >= 11 is 0. The minimum Gasteiger partial charge on any atom is -0.494 e. The topological polar surface area (TPSA) is 96.0 Å². The molecule has 3 aromatic rings. The predicted octanol–water partition coefficient (Wildman–Crippen LogP) is 4.61. The third-order valence-electron chi connectivity index (χ3n) is 6.16. The SMILES string of the molecule is CCOc1ccc(N(CC(=O)N(Cc2ccc(F)cc2)[C@H](C)C(=O)NCC(C)C)S(=O)(=O)c2ccccc2)cc1. The predicted molar refractivity (Wildman–Crippen MR) is 153 cm³/mol. The molecule has 0 radical (unpaired) electrons. The zero-order chi connectivity index (χ0) is 29.3. The average Bonchev–Trinajstić information content (AvgIpc) is 2.95. The van der Waals surface area contributed by atoms with Crippen LogP contribution in [0.5, 0.6) is 5.75 Å². The highest BCUT2D eigenvalue weighted by atomic mass is 32.2. The zero-order valence-corrected chi connectivity index (χ0v) is 24.0. The van der Waals surface area contributed by atoms with E-state index in [1.165, 1.54) is 41.3 Å². The van der Waals surface area contributed by atoms with E-state index in [0.29, 0.717) is 24.5 Å². The van der Waals surface area contributed by atoms with E-state index in [2.05, 4.69) is 5.32 Å². The molecule has 8 nitrogen and oxygen atoms in total. The average molecular weight is 570 g/mol. The first-order valence-electron chi connectivity index (χ1n) is 13.1. The Morgan fingerprint density at radius 2 is 1.55 bits per heavy atom. The van der Waals surface area contributed by atoms with Gasteiger partial charge in [-0.15, -0.1) is 0 Å². The maximum absolute atomic E-state index is 13.9. The second-order valence-corrected chi connectivity index (χ2v) is 11.6. The van der Waals surface area contributed by atoms with Gasteiger partial charge in [-0.3, -0.25) is 13.9 Å². The van der Waals surface area contributed by atoms with Gasteiger partial charge in [0, 0.05) is 13.1 Å². The molecule has 0 saturated heterocycles. The first kappa shape index (κ1) is 30.6. The van der Waals surface area contributed by atoms with Crippen LogP contribution in [0.25, 0.3) is 0 Å². The largest absolute Gasteiger partial charge is 0.494 e. The molecule has 40 heavy (non-hydrogen) atoms. The zero-order valence-electron chi connectivity index (χ0n) is 23.2. The summed E-state index contributed by atoms with van der Waals surface area (Å²) in [5.41, 5.74) is 0.857. The summed E-state index contributed by atoms with van der Waals surface area (Å²) < 4.78 is 47.6. The highest BCUT2D eigenvalue weighted by molar-refractivity contribution is 7.92. The third kappa shape index (κ3) is 8.05. The third-order valence-corrected chi connectivity index (χ3v) is 7.95. The molecule has 1 N–H and O–H groups in total. The lowest BCUT2D eigenvalue weighted by Gasteiger charge is -2.32. The number of hydrogen-bond donors (Lipinski definition) is 1. The highest BCUT2D eigenvalue weighted by Gasteiger charge is 2.32. The monoisotopic (exact) mass is 569 g/mol. The maximum Gasteiger partial charge on any atom is 0.264 e. The summed E-state index contributed by atoms with van der Waals surface area (Å²) in [5, 5.41) is 2.83. The number of hydrogen-bond acceptors (Lipinski definition) is 5. The Hall–Kier alpha value is -3.92. The van der Waals surface area contributed by atoms with E-state index in [0.717, 1.165) is 4.31 Å². The van der Waals surface area contributed by atoms with Crippen LogP contribution in [0.15, 0.2) is 83.8 Å². The lowest BCUT2D eigenvalue weighted by Crippen LogP contribution is -2.51. The van der Waals surface area contributed by atoms with Gasteiger partial charge in [0.1, 0.15) is 24.2 Å². The number of halogens is 1. The van der Waals surface area contributed by atoms with Gasteiger partial charge in [-0.2, -0.15) is 0 Å². The van der Waals surface area contributed by atoms with Crippen LogP contribution in [0.3, 0.4) is 0 Å². The van der Waals surface area contributed by atoms with E-state index in [4.69, 9.17) is 4.74 Å². The number of nitrogens with zero attached hydrogens (tertiary/aromatic N) is 2. The Morgan fingerprint density at radius 3 is 2.12 bits per heavy atom. The molecule has 10 heteroatoms. The normalized spacial score (nSPS) is 12.1. The molecule has 3 rings (SSSR count). The minimum atomic E-state index is -4.16. The molecule has 0 heterocycles. The van der Waals surface area contributed by atoms with E-state index >= 15 is 0 Å². The van der Waals surface area contributed by atoms with Gasteiger partial charge in [0.2, 0.25) is 11.8 Å². The summed E-state index contributed by atoms with van der Waals surface area (Å²) in [6.45, 7) is 7.62. The van der Waals surface area contributed by atoms with Gasteiger partial charge >= 0.3 is 0 Å². The van der Waals surface area contributed by atoms with Crippen molar-refractivity contribution in [1.82, 2.24) is 10.2 Å². The number of sulfonamides is 1. The van der Waals surface area contributed by atoms with Crippen LogP contribution in [0.1, 0.15) is 33.3 Å². The molecule has 0 spiro atoms. The number of amides is 2. The number of benzene rings is 3. The maximum atomic E-state index is 13.9. The molecule has 0 bridgehead atoms. The van der Waals surface area contributed by atoms with Crippen molar-refractivity contribution in [1.29, 1.82) is 0 Å². The smallest absolute Gasteiger partial charge is 0.264 e. The number of anilines is 1. The van der Waals surface area contributed by atoms with Crippen molar-refractivity contribution in [3.05, 3.63) is 90.2 Å². The molecular weight excluding hydrogens is 533 g/mol. The number of rotatable bonds is 13. The number of carbonyl (C=O) groups is 2. The Labute approximate surface area is 235 Å². The lowest BCUT2D eigenvalue weighted by atomic mass is 10.1. The molecule has 214 valence electrons. The number of carbonyl (C=O) groups excluding carboxylic acids is 2. The van der Waals surface area contributed by atoms with E-state index < -0.39 is 34.3 Å². The second kappa shape index (κ2) is 13.9. The summed E-state index contributed by atoms with van der Waals surface area (Å²) in [6, 6.07) is 18.9. The summed E-state index contributed by atoms with van der Waals surface area (Å²) in [6.07, 6.45) is 0. The molecule has 0 aliphatic carbocycles. The van der Waals surface area contributed by atoms with Crippen LogP contribution in [-0.2, 0) is 26.2 Å². The summed E-state index contributed by atoms with van der Waals surface area (Å²) in [5.74, 6) is -0.640. The minimum absolute atomic E-state index is 0.0160. The van der Waals surface area contributed by atoms with E-state index in [1.54, 1.807) is 49.4 Å². The van der Waals surface area contributed by atoms with Gasteiger partial charge in [-0.25, -0.2) is 12.8 Å².